The second-order valence-electron chi connectivity index (χ2n) is 7.25. The predicted molar refractivity (Wildman–Crippen MR) is 138 cm³/mol. The molecule has 4 rings (SSSR count). The Hall–Kier alpha value is -3.47. The molecule has 0 aliphatic carbocycles. The van der Waals surface area contributed by atoms with E-state index in [0.717, 1.165) is 20.4 Å². The number of nitrogens with one attached hydrogen (secondary N) is 2. The van der Waals surface area contributed by atoms with E-state index in [1.54, 1.807) is 18.3 Å². The minimum absolute atomic E-state index is 0.0605. The zero-order chi connectivity index (χ0) is 23.8. The van der Waals surface area contributed by atoms with Crippen LogP contribution in [-0.4, -0.2) is 32.1 Å². The molecule has 1 aliphatic heterocycles. The lowest BCUT2D eigenvalue weighted by Crippen LogP contribution is -2.25. The van der Waals surface area contributed by atoms with Crippen molar-refractivity contribution in [3.05, 3.63) is 75.4 Å². The highest BCUT2D eigenvalue weighted by atomic mass is 127. The summed E-state index contributed by atoms with van der Waals surface area (Å²) in [6.45, 7) is 3.13. The van der Waals surface area contributed by atoms with Crippen molar-refractivity contribution in [2.24, 2.45) is 5.10 Å². The maximum absolute atomic E-state index is 12.2. The van der Waals surface area contributed by atoms with Crippen molar-refractivity contribution in [3.8, 4) is 23.0 Å². The third-order valence-corrected chi connectivity index (χ3v) is 5.59. The molecule has 3 aromatic carbocycles. The first-order valence-electron chi connectivity index (χ1n) is 10.7. The van der Waals surface area contributed by atoms with Crippen LogP contribution in [0.15, 0.2) is 65.8 Å². The van der Waals surface area contributed by atoms with E-state index in [9.17, 15) is 4.79 Å². The molecule has 34 heavy (non-hydrogen) atoms. The van der Waals surface area contributed by atoms with Gasteiger partial charge in [-0.15, -0.1) is 0 Å². The van der Waals surface area contributed by atoms with Crippen molar-refractivity contribution in [2.45, 2.75) is 13.5 Å². The molecular formula is C25H24IN3O5. The Morgan fingerprint density at radius 3 is 2.74 bits per heavy atom. The van der Waals surface area contributed by atoms with Gasteiger partial charge in [-0.1, -0.05) is 30.3 Å². The lowest BCUT2D eigenvalue weighted by Gasteiger charge is -2.14. The quantitative estimate of drug-likeness (QED) is 0.210. The maximum atomic E-state index is 12.2. The van der Waals surface area contributed by atoms with Crippen LogP contribution in [0.1, 0.15) is 18.1 Å². The van der Waals surface area contributed by atoms with Gasteiger partial charge < -0.3 is 24.3 Å². The molecule has 8 nitrogen and oxygen atoms in total. The zero-order valence-electron chi connectivity index (χ0n) is 18.5. The van der Waals surface area contributed by atoms with Crippen molar-refractivity contribution >= 4 is 40.4 Å². The fraction of sp³-hybridized carbons (Fsp3) is 0.200. The molecule has 0 unspecified atom stereocenters. The molecular weight excluding hydrogens is 549 g/mol. The first kappa shape index (κ1) is 23.7. The number of hydrogen-bond donors (Lipinski definition) is 2. The molecule has 2 N–H and O–H groups in total. The monoisotopic (exact) mass is 573 g/mol. The van der Waals surface area contributed by atoms with E-state index >= 15 is 0 Å². The molecule has 176 valence electrons. The average Bonchev–Trinajstić information content (AvgIpc) is 3.31. The highest BCUT2D eigenvalue weighted by Crippen LogP contribution is 2.35. The molecule has 1 heterocycles. The van der Waals surface area contributed by atoms with Gasteiger partial charge in [0.05, 0.1) is 22.9 Å². The van der Waals surface area contributed by atoms with Crippen molar-refractivity contribution in [1.29, 1.82) is 0 Å². The molecule has 3 aromatic rings. The summed E-state index contributed by atoms with van der Waals surface area (Å²) in [6, 6.07) is 19.1. The largest absolute Gasteiger partial charge is 0.490 e. The smallest absolute Gasteiger partial charge is 0.259 e. The lowest BCUT2D eigenvalue weighted by atomic mass is 10.2. The number of hydrazone groups is 1. The van der Waals surface area contributed by atoms with Crippen LogP contribution in [0.4, 0.5) is 5.69 Å². The van der Waals surface area contributed by atoms with E-state index in [-0.39, 0.29) is 19.2 Å². The van der Waals surface area contributed by atoms with Gasteiger partial charge in [-0.2, -0.15) is 5.10 Å². The normalized spacial score (nSPS) is 11.9. The number of anilines is 1. The Morgan fingerprint density at radius 2 is 1.91 bits per heavy atom. The summed E-state index contributed by atoms with van der Waals surface area (Å²) < 4.78 is 23.3. The van der Waals surface area contributed by atoms with Crippen molar-refractivity contribution in [1.82, 2.24) is 5.43 Å². The van der Waals surface area contributed by atoms with E-state index in [1.165, 1.54) is 0 Å². The molecule has 0 atom stereocenters. The Bertz CT molecular complexity index is 1170. The molecule has 0 radical (unpaired) electrons. The Balaban J connectivity index is 1.33. The number of carbonyl (C=O) groups is 1. The first-order valence-corrected chi connectivity index (χ1v) is 11.8. The van der Waals surface area contributed by atoms with Crippen LogP contribution in [-0.2, 0) is 11.4 Å². The summed E-state index contributed by atoms with van der Waals surface area (Å²) >= 11 is 2.21. The minimum Gasteiger partial charge on any atom is -0.490 e. The van der Waals surface area contributed by atoms with Crippen molar-refractivity contribution in [2.75, 3.05) is 25.3 Å². The highest BCUT2D eigenvalue weighted by molar-refractivity contribution is 14.1. The SMILES string of the molecule is CCOc1cc(/C=N\NC(=O)CNc2ccc3c(c2)OCO3)cc(I)c1OCc1ccccc1. The van der Waals surface area contributed by atoms with E-state index in [0.29, 0.717) is 36.2 Å². The van der Waals surface area contributed by atoms with E-state index in [1.807, 2.05) is 55.5 Å². The third-order valence-electron chi connectivity index (χ3n) is 4.79. The number of rotatable bonds is 10. The fourth-order valence-corrected chi connectivity index (χ4v) is 3.98. The number of carbonyl (C=O) groups excluding carboxylic acids is 1. The number of hydrogen-bond acceptors (Lipinski definition) is 7. The van der Waals surface area contributed by atoms with Crippen LogP contribution < -0.4 is 29.7 Å². The minimum atomic E-state index is -0.281. The summed E-state index contributed by atoms with van der Waals surface area (Å²) in [5.74, 6) is 2.37. The second-order valence-corrected chi connectivity index (χ2v) is 8.41. The van der Waals surface area contributed by atoms with Gasteiger partial charge in [0, 0.05) is 11.8 Å². The van der Waals surface area contributed by atoms with Crippen LogP contribution in [0.3, 0.4) is 0 Å². The molecule has 0 bridgehead atoms. The van der Waals surface area contributed by atoms with Crippen LogP contribution in [0.25, 0.3) is 0 Å². The summed E-state index contributed by atoms with van der Waals surface area (Å²) in [4.78, 5) is 12.2. The van der Waals surface area contributed by atoms with Crippen LogP contribution >= 0.6 is 22.6 Å². The van der Waals surface area contributed by atoms with Gasteiger partial charge in [0.15, 0.2) is 23.0 Å². The summed E-state index contributed by atoms with van der Waals surface area (Å²) in [5.41, 5.74) is 5.13. The molecule has 1 aliphatic rings. The van der Waals surface area contributed by atoms with Gasteiger partial charge in [0.2, 0.25) is 6.79 Å². The van der Waals surface area contributed by atoms with Gasteiger partial charge in [-0.3, -0.25) is 4.79 Å². The lowest BCUT2D eigenvalue weighted by molar-refractivity contribution is -0.119. The van der Waals surface area contributed by atoms with Gasteiger partial charge >= 0.3 is 0 Å². The number of nitrogens with zero attached hydrogens (tertiary/aromatic N) is 1. The van der Waals surface area contributed by atoms with Crippen LogP contribution in [0, 0.1) is 3.57 Å². The molecule has 0 saturated carbocycles. The maximum Gasteiger partial charge on any atom is 0.259 e. The first-order chi connectivity index (χ1) is 16.6. The molecule has 0 aromatic heterocycles. The fourth-order valence-electron chi connectivity index (χ4n) is 3.20. The number of halogens is 1. The van der Waals surface area contributed by atoms with Crippen molar-refractivity contribution in [3.63, 3.8) is 0 Å². The molecule has 0 fully saturated rings. The van der Waals surface area contributed by atoms with Gasteiger partial charge in [-0.05, 0) is 64.9 Å². The number of ether oxygens (including phenoxy) is 4. The third kappa shape index (κ3) is 6.31. The molecule has 1 amide bonds. The number of fused-ring (bicyclic) bond motifs is 1. The molecule has 0 saturated heterocycles. The Morgan fingerprint density at radius 1 is 1.09 bits per heavy atom. The highest BCUT2D eigenvalue weighted by Gasteiger charge is 2.14. The van der Waals surface area contributed by atoms with Crippen LogP contribution in [0.5, 0.6) is 23.0 Å². The number of amides is 1. The van der Waals surface area contributed by atoms with Gasteiger partial charge in [0.1, 0.15) is 6.61 Å². The van der Waals surface area contributed by atoms with Gasteiger partial charge in [0.25, 0.3) is 5.91 Å². The van der Waals surface area contributed by atoms with Gasteiger partial charge in [-0.25, -0.2) is 5.43 Å². The zero-order valence-corrected chi connectivity index (χ0v) is 20.7. The Kier molecular flexibility index (Phi) is 8.08. The van der Waals surface area contributed by atoms with E-state index < -0.39 is 0 Å². The van der Waals surface area contributed by atoms with E-state index in [4.69, 9.17) is 18.9 Å². The van der Waals surface area contributed by atoms with Crippen molar-refractivity contribution < 1.29 is 23.7 Å². The number of benzene rings is 3. The summed E-state index contributed by atoms with van der Waals surface area (Å²) in [6.07, 6.45) is 1.57. The average molecular weight is 573 g/mol. The summed E-state index contributed by atoms with van der Waals surface area (Å²) in [7, 11) is 0. The standard InChI is InChI=1S/C25H24IN3O5/c1-2-31-23-11-18(10-20(26)25(23)32-15-17-6-4-3-5-7-17)13-28-29-24(30)14-27-19-8-9-21-22(12-19)34-16-33-21/h3-13,27H,2,14-16H2,1H3,(H,29,30)/b28-13-. The predicted octanol–water partition coefficient (Wildman–Crippen LogP) is 4.56. The van der Waals surface area contributed by atoms with E-state index in [2.05, 4.69) is 38.4 Å². The summed E-state index contributed by atoms with van der Waals surface area (Å²) in [5, 5.41) is 7.10. The molecule has 0 spiro atoms. The topological polar surface area (TPSA) is 90.4 Å². The Labute approximate surface area is 211 Å². The molecule has 9 heteroatoms. The second kappa shape index (κ2) is 11.6. The van der Waals surface area contributed by atoms with Crippen LogP contribution in [0.2, 0.25) is 0 Å².